The molecule has 0 fully saturated rings. The monoisotopic (exact) mass is 242 g/mol. The Morgan fingerprint density at radius 1 is 1.47 bits per heavy atom. The van der Waals surface area contributed by atoms with Crippen molar-refractivity contribution in [2.45, 2.75) is 17.8 Å². The molecule has 1 aromatic heterocycles. The van der Waals surface area contributed by atoms with Gasteiger partial charge in [0.2, 0.25) is 5.89 Å². The molecule has 0 radical (unpaired) electrons. The molecule has 0 saturated carbocycles. The summed E-state index contributed by atoms with van der Waals surface area (Å²) in [6, 6.07) is 0. The summed E-state index contributed by atoms with van der Waals surface area (Å²) in [4.78, 5) is 10.1. The van der Waals surface area contributed by atoms with Crippen molar-refractivity contribution >= 4 is 17.7 Å². The molecule has 0 saturated heterocycles. The lowest BCUT2D eigenvalue weighted by atomic mass is 10.4. The van der Waals surface area contributed by atoms with E-state index < -0.39 is 24.5 Å². The van der Waals surface area contributed by atoms with Gasteiger partial charge in [0.25, 0.3) is 5.22 Å². The molecule has 0 unspecified atom stereocenters. The van der Waals surface area contributed by atoms with Gasteiger partial charge in [0.05, 0.1) is 0 Å². The highest BCUT2D eigenvalue weighted by atomic mass is 32.2. The van der Waals surface area contributed by atoms with E-state index in [-0.39, 0.29) is 11.0 Å². The van der Waals surface area contributed by atoms with Crippen LogP contribution in [0.4, 0.5) is 13.2 Å². The SMILES string of the molecule is O=C(O)CSc1nnc(CC(F)(F)F)o1. The van der Waals surface area contributed by atoms with E-state index in [0.717, 1.165) is 0 Å². The molecule has 0 aliphatic rings. The van der Waals surface area contributed by atoms with Crippen molar-refractivity contribution in [2.75, 3.05) is 5.75 Å². The fourth-order valence-corrected chi connectivity index (χ4v) is 1.16. The average molecular weight is 242 g/mol. The van der Waals surface area contributed by atoms with Gasteiger partial charge in [0, 0.05) is 0 Å². The smallest absolute Gasteiger partial charge is 0.397 e. The maximum Gasteiger partial charge on any atom is 0.397 e. The van der Waals surface area contributed by atoms with Gasteiger partial charge < -0.3 is 9.52 Å². The molecule has 1 N–H and O–H groups in total. The van der Waals surface area contributed by atoms with Crippen LogP contribution in [0.3, 0.4) is 0 Å². The fraction of sp³-hybridized carbons (Fsp3) is 0.500. The van der Waals surface area contributed by atoms with Crippen LogP contribution in [-0.4, -0.2) is 33.2 Å². The van der Waals surface area contributed by atoms with Gasteiger partial charge in [-0.3, -0.25) is 4.79 Å². The zero-order valence-electron chi connectivity index (χ0n) is 7.11. The van der Waals surface area contributed by atoms with E-state index in [4.69, 9.17) is 5.11 Å². The summed E-state index contributed by atoms with van der Waals surface area (Å²) in [6.45, 7) is 0. The molecule has 9 heteroatoms. The lowest BCUT2D eigenvalue weighted by Crippen LogP contribution is -2.11. The van der Waals surface area contributed by atoms with Gasteiger partial charge in [-0.2, -0.15) is 13.2 Å². The zero-order chi connectivity index (χ0) is 11.5. The van der Waals surface area contributed by atoms with Crippen molar-refractivity contribution < 1.29 is 27.5 Å². The molecule has 0 spiro atoms. The number of rotatable bonds is 4. The Hall–Kier alpha value is -1.25. The molecular weight excluding hydrogens is 237 g/mol. The summed E-state index contributed by atoms with van der Waals surface area (Å²) >= 11 is 0.668. The van der Waals surface area contributed by atoms with Crippen LogP contribution in [-0.2, 0) is 11.2 Å². The molecule has 0 atom stereocenters. The van der Waals surface area contributed by atoms with Crippen molar-refractivity contribution in [3.63, 3.8) is 0 Å². The molecule has 0 aliphatic carbocycles. The van der Waals surface area contributed by atoms with E-state index in [2.05, 4.69) is 14.6 Å². The third-order valence-electron chi connectivity index (χ3n) is 1.12. The van der Waals surface area contributed by atoms with Gasteiger partial charge >= 0.3 is 12.1 Å². The molecule has 0 aromatic carbocycles. The number of halogens is 3. The summed E-state index contributed by atoms with van der Waals surface area (Å²) in [5, 5.41) is 14.5. The molecule has 84 valence electrons. The van der Waals surface area contributed by atoms with Gasteiger partial charge in [-0.25, -0.2) is 0 Å². The number of nitrogens with zero attached hydrogens (tertiary/aromatic N) is 2. The van der Waals surface area contributed by atoms with E-state index in [9.17, 15) is 18.0 Å². The van der Waals surface area contributed by atoms with Crippen molar-refractivity contribution in [1.82, 2.24) is 10.2 Å². The summed E-state index contributed by atoms with van der Waals surface area (Å²) in [7, 11) is 0. The van der Waals surface area contributed by atoms with E-state index >= 15 is 0 Å². The lowest BCUT2D eigenvalue weighted by Gasteiger charge is -1.99. The van der Waals surface area contributed by atoms with Crippen molar-refractivity contribution in [3.05, 3.63) is 5.89 Å². The standard InChI is InChI=1S/C6H5F3N2O3S/c7-6(8,9)1-3-10-11-5(14-3)15-2-4(12)13/h1-2H2,(H,12,13). The number of alkyl halides is 3. The molecule has 5 nitrogen and oxygen atoms in total. The molecule has 1 heterocycles. The minimum absolute atomic E-state index is 0.184. The first kappa shape index (κ1) is 11.8. The molecule has 0 bridgehead atoms. The first-order valence-electron chi connectivity index (χ1n) is 3.60. The number of carboxylic acid groups (broad SMARTS) is 1. The Morgan fingerprint density at radius 3 is 2.67 bits per heavy atom. The Labute approximate surface area is 85.7 Å². The molecular formula is C6H5F3N2O3S. The van der Waals surface area contributed by atoms with Crippen LogP contribution < -0.4 is 0 Å². The van der Waals surface area contributed by atoms with Gasteiger partial charge in [-0.05, 0) is 0 Å². The van der Waals surface area contributed by atoms with Crippen LogP contribution in [0.2, 0.25) is 0 Å². The van der Waals surface area contributed by atoms with E-state index in [0.29, 0.717) is 11.8 Å². The Morgan fingerprint density at radius 2 is 2.13 bits per heavy atom. The van der Waals surface area contributed by atoms with Gasteiger partial charge in [-0.1, -0.05) is 11.8 Å². The molecule has 1 aromatic rings. The number of thioether (sulfide) groups is 1. The lowest BCUT2D eigenvalue weighted by molar-refractivity contribution is -0.134. The van der Waals surface area contributed by atoms with Crippen LogP contribution >= 0.6 is 11.8 Å². The quantitative estimate of drug-likeness (QED) is 0.803. The highest BCUT2D eigenvalue weighted by molar-refractivity contribution is 7.99. The Kier molecular flexibility index (Phi) is 3.56. The van der Waals surface area contributed by atoms with Crippen molar-refractivity contribution in [3.8, 4) is 0 Å². The predicted molar refractivity (Wildman–Crippen MR) is 42.4 cm³/mol. The van der Waals surface area contributed by atoms with E-state index in [1.807, 2.05) is 0 Å². The summed E-state index contributed by atoms with van der Waals surface area (Å²) in [5.74, 6) is -2.03. The van der Waals surface area contributed by atoms with E-state index in [1.54, 1.807) is 0 Å². The largest absolute Gasteiger partial charge is 0.481 e. The number of aromatic nitrogens is 2. The highest BCUT2D eigenvalue weighted by Gasteiger charge is 2.31. The number of carboxylic acids is 1. The van der Waals surface area contributed by atoms with Crippen LogP contribution in [0.25, 0.3) is 0 Å². The molecule has 1 rings (SSSR count). The third-order valence-corrected chi connectivity index (χ3v) is 1.92. The predicted octanol–water partition coefficient (Wildman–Crippen LogP) is 1.35. The number of carbonyl (C=O) groups is 1. The maximum absolute atomic E-state index is 11.8. The number of hydrogen-bond acceptors (Lipinski definition) is 5. The van der Waals surface area contributed by atoms with Crippen LogP contribution in [0.1, 0.15) is 5.89 Å². The first-order valence-corrected chi connectivity index (χ1v) is 4.59. The summed E-state index contributed by atoms with van der Waals surface area (Å²) in [5.41, 5.74) is 0. The Balaban J connectivity index is 2.53. The average Bonchev–Trinajstić information content (AvgIpc) is 2.45. The van der Waals surface area contributed by atoms with Crippen LogP contribution in [0.5, 0.6) is 0 Å². The fourth-order valence-electron chi connectivity index (χ4n) is 0.663. The van der Waals surface area contributed by atoms with Gasteiger partial charge in [-0.15, -0.1) is 10.2 Å². The first-order chi connectivity index (χ1) is 6.87. The Bertz CT molecular complexity index is 352. The second-order valence-electron chi connectivity index (χ2n) is 2.44. The summed E-state index contributed by atoms with van der Waals surface area (Å²) < 4.78 is 40.1. The topological polar surface area (TPSA) is 76.2 Å². The van der Waals surface area contributed by atoms with Gasteiger partial charge in [0.15, 0.2) is 0 Å². The molecule has 15 heavy (non-hydrogen) atoms. The molecule has 0 amide bonds. The minimum atomic E-state index is -4.42. The van der Waals surface area contributed by atoms with Crippen LogP contribution in [0, 0.1) is 0 Å². The summed E-state index contributed by atoms with van der Waals surface area (Å²) in [6.07, 6.45) is -5.73. The number of hydrogen-bond donors (Lipinski definition) is 1. The van der Waals surface area contributed by atoms with Crippen LogP contribution in [0.15, 0.2) is 9.64 Å². The van der Waals surface area contributed by atoms with Gasteiger partial charge in [0.1, 0.15) is 12.2 Å². The van der Waals surface area contributed by atoms with E-state index in [1.165, 1.54) is 0 Å². The third kappa shape index (κ3) is 4.68. The second-order valence-corrected chi connectivity index (χ2v) is 3.36. The normalized spacial score (nSPS) is 11.7. The van der Waals surface area contributed by atoms with Crippen molar-refractivity contribution in [2.24, 2.45) is 0 Å². The number of aliphatic carboxylic acids is 1. The maximum atomic E-state index is 11.8. The molecule has 0 aliphatic heterocycles. The van der Waals surface area contributed by atoms with Crippen molar-refractivity contribution in [1.29, 1.82) is 0 Å². The zero-order valence-corrected chi connectivity index (χ0v) is 7.93. The second kappa shape index (κ2) is 4.51. The minimum Gasteiger partial charge on any atom is -0.481 e. The highest BCUT2D eigenvalue weighted by Crippen LogP contribution is 2.22.